The van der Waals surface area contributed by atoms with Gasteiger partial charge in [0.15, 0.2) is 0 Å². The third kappa shape index (κ3) is 2.71. The van der Waals surface area contributed by atoms with Crippen molar-refractivity contribution < 1.29 is 4.74 Å². The Morgan fingerprint density at radius 1 is 1.39 bits per heavy atom. The van der Waals surface area contributed by atoms with Gasteiger partial charge in [-0.05, 0) is 26.5 Å². The average molecular weight is 245 g/mol. The highest BCUT2D eigenvalue weighted by Gasteiger charge is 2.13. The minimum atomic E-state index is 0.293. The van der Waals surface area contributed by atoms with Crippen LogP contribution in [0, 0.1) is 6.92 Å². The maximum absolute atomic E-state index is 5.83. The number of hydrogen-bond donors (Lipinski definition) is 2. The molecule has 1 aromatic heterocycles. The first kappa shape index (κ1) is 12.6. The molecule has 1 aromatic carbocycles. The van der Waals surface area contributed by atoms with Crippen molar-refractivity contribution in [2.45, 2.75) is 26.3 Å². The van der Waals surface area contributed by atoms with Crippen LogP contribution in [0.25, 0.3) is 0 Å². The first-order valence-electron chi connectivity index (χ1n) is 6.20. The van der Waals surface area contributed by atoms with Gasteiger partial charge < -0.3 is 10.1 Å². The summed E-state index contributed by atoms with van der Waals surface area (Å²) in [6.45, 7) is 4.10. The standard InChI is InChI=1S/C14H19N3O/c1-4-12(15-3)11-7-5-6-8-13(11)18-14-9-10(2)16-17-14/h5-9,12,15H,4H2,1-3H3,(H,16,17). The molecule has 0 aliphatic carbocycles. The molecule has 1 atom stereocenters. The molecule has 0 spiro atoms. The fourth-order valence-corrected chi connectivity index (χ4v) is 2.00. The monoisotopic (exact) mass is 245 g/mol. The summed E-state index contributed by atoms with van der Waals surface area (Å²) in [5.74, 6) is 1.45. The van der Waals surface area contributed by atoms with E-state index in [4.69, 9.17) is 4.74 Å². The van der Waals surface area contributed by atoms with Gasteiger partial charge in [0.25, 0.3) is 0 Å². The van der Waals surface area contributed by atoms with Gasteiger partial charge in [-0.2, -0.15) is 0 Å². The molecular formula is C14H19N3O. The van der Waals surface area contributed by atoms with Crippen LogP contribution >= 0.6 is 0 Å². The number of aromatic amines is 1. The van der Waals surface area contributed by atoms with E-state index in [1.165, 1.54) is 0 Å². The lowest BCUT2D eigenvalue weighted by molar-refractivity contribution is 0.442. The predicted octanol–water partition coefficient (Wildman–Crippen LogP) is 3.18. The van der Waals surface area contributed by atoms with Crippen LogP contribution < -0.4 is 10.1 Å². The number of benzene rings is 1. The van der Waals surface area contributed by atoms with Crippen molar-refractivity contribution in [1.82, 2.24) is 15.5 Å². The lowest BCUT2D eigenvalue weighted by atomic mass is 10.0. The third-order valence-corrected chi connectivity index (χ3v) is 2.95. The van der Waals surface area contributed by atoms with Gasteiger partial charge in [0.1, 0.15) is 5.75 Å². The Kier molecular flexibility index (Phi) is 3.99. The van der Waals surface area contributed by atoms with Crippen LogP contribution in [0.15, 0.2) is 30.3 Å². The Morgan fingerprint density at radius 3 is 2.78 bits per heavy atom. The fourth-order valence-electron chi connectivity index (χ4n) is 2.00. The summed E-state index contributed by atoms with van der Waals surface area (Å²) in [5.41, 5.74) is 2.14. The van der Waals surface area contributed by atoms with Crippen LogP contribution in [-0.4, -0.2) is 17.2 Å². The van der Waals surface area contributed by atoms with Gasteiger partial charge in [0.05, 0.1) is 0 Å². The Hall–Kier alpha value is -1.81. The van der Waals surface area contributed by atoms with E-state index in [2.05, 4.69) is 28.5 Å². The number of hydrogen-bond acceptors (Lipinski definition) is 3. The Morgan fingerprint density at radius 2 is 2.17 bits per heavy atom. The molecule has 0 aliphatic heterocycles. The van der Waals surface area contributed by atoms with Crippen LogP contribution in [-0.2, 0) is 0 Å². The summed E-state index contributed by atoms with van der Waals surface area (Å²) in [5, 5.41) is 10.3. The van der Waals surface area contributed by atoms with Crippen molar-refractivity contribution in [2.24, 2.45) is 0 Å². The minimum absolute atomic E-state index is 0.293. The zero-order valence-electron chi connectivity index (χ0n) is 11.0. The highest BCUT2D eigenvalue weighted by atomic mass is 16.5. The van der Waals surface area contributed by atoms with E-state index < -0.39 is 0 Å². The molecular weight excluding hydrogens is 226 g/mol. The van der Waals surface area contributed by atoms with Crippen molar-refractivity contribution in [1.29, 1.82) is 0 Å². The summed E-state index contributed by atoms with van der Waals surface area (Å²) in [4.78, 5) is 0. The smallest absolute Gasteiger partial charge is 0.238 e. The van der Waals surface area contributed by atoms with Gasteiger partial charge in [-0.15, -0.1) is 5.10 Å². The van der Waals surface area contributed by atoms with Crippen LogP contribution in [0.1, 0.15) is 30.6 Å². The maximum Gasteiger partial charge on any atom is 0.238 e. The van der Waals surface area contributed by atoms with Crippen LogP contribution in [0.5, 0.6) is 11.6 Å². The number of nitrogens with one attached hydrogen (secondary N) is 2. The molecule has 0 fully saturated rings. The number of para-hydroxylation sites is 1. The molecule has 18 heavy (non-hydrogen) atoms. The molecule has 0 saturated heterocycles. The van der Waals surface area contributed by atoms with E-state index in [0.29, 0.717) is 11.9 Å². The number of H-pyrrole nitrogens is 1. The van der Waals surface area contributed by atoms with Gasteiger partial charge >= 0.3 is 0 Å². The van der Waals surface area contributed by atoms with Crippen molar-refractivity contribution >= 4 is 0 Å². The molecule has 2 aromatic rings. The molecule has 4 heteroatoms. The van der Waals surface area contributed by atoms with Gasteiger partial charge in [-0.1, -0.05) is 25.1 Å². The topological polar surface area (TPSA) is 49.9 Å². The molecule has 4 nitrogen and oxygen atoms in total. The van der Waals surface area contributed by atoms with E-state index in [1.54, 1.807) is 0 Å². The Balaban J connectivity index is 2.27. The lowest BCUT2D eigenvalue weighted by Gasteiger charge is -2.17. The predicted molar refractivity (Wildman–Crippen MR) is 71.9 cm³/mol. The summed E-state index contributed by atoms with van der Waals surface area (Å²) in [7, 11) is 1.96. The van der Waals surface area contributed by atoms with Gasteiger partial charge in [-0.25, -0.2) is 0 Å². The van der Waals surface area contributed by atoms with Crippen molar-refractivity contribution in [3.05, 3.63) is 41.6 Å². The number of ether oxygens (including phenoxy) is 1. The molecule has 2 rings (SSSR count). The molecule has 2 N–H and O–H groups in total. The number of aromatic nitrogens is 2. The maximum atomic E-state index is 5.83. The van der Waals surface area contributed by atoms with Gasteiger partial charge in [0.2, 0.25) is 5.88 Å². The molecule has 1 heterocycles. The lowest BCUT2D eigenvalue weighted by Crippen LogP contribution is -2.15. The summed E-state index contributed by atoms with van der Waals surface area (Å²) < 4.78 is 5.83. The second kappa shape index (κ2) is 5.69. The average Bonchev–Trinajstić information content (AvgIpc) is 2.78. The van der Waals surface area contributed by atoms with E-state index in [1.807, 2.05) is 38.2 Å². The first-order valence-corrected chi connectivity index (χ1v) is 6.20. The molecule has 0 bridgehead atoms. The van der Waals surface area contributed by atoms with Gasteiger partial charge in [-0.3, -0.25) is 5.10 Å². The van der Waals surface area contributed by atoms with Gasteiger partial charge in [0, 0.05) is 23.4 Å². The second-order valence-electron chi connectivity index (χ2n) is 4.28. The molecule has 0 amide bonds. The van der Waals surface area contributed by atoms with Crippen LogP contribution in [0.2, 0.25) is 0 Å². The molecule has 0 aliphatic rings. The first-order chi connectivity index (χ1) is 8.74. The SMILES string of the molecule is CCC(NC)c1ccccc1Oc1cc(C)[nH]n1. The highest BCUT2D eigenvalue weighted by molar-refractivity contribution is 5.38. The van der Waals surface area contributed by atoms with Crippen molar-refractivity contribution in [3.8, 4) is 11.6 Å². The zero-order chi connectivity index (χ0) is 13.0. The zero-order valence-corrected chi connectivity index (χ0v) is 11.0. The normalized spacial score (nSPS) is 12.4. The second-order valence-corrected chi connectivity index (χ2v) is 4.28. The Labute approximate surface area is 107 Å². The van der Waals surface area contributed by atoms with E-state index in [9.17, 15) is 0 Å². The molecule has 0 saturated carbocycles. The molecule has 1 unspecified atom stereocenters. The highest BCUT2D eigenvalue weighted by Crippen LogP contribution is 2.30. The minimum Gasteiger partial charge on any atom is -0.437 e. The molecule has 0 radical (unpaired) electrons. The summed E-state index contributed by atoms with van der Waals surface area (Å²) in [6.07, 6.45) is 1.01. The van der Waals surface area contributed by atoms with Crippen molar-refractivity contribution in [3.63, 3.8) is 0 Å². The fraction of sp³-hybridized carbons (Fsp3) is 0.357. The van der Waals surface area contributed by atoms with Crippen molar-refractivity contribution in [2.75, 3.05) is 7.05 Å². The number of rotatable bonds is 5. The van der Waals surface area contributed by atoms with E-state index >= 15 is 0 Å². The van der Waals surface area contributed by atoms with Crippen LogP contribution in [0.3, 0.4) is 0 Å². The number of aryl methyl sites for hydroxylation is 1. The quantitative estimate of drug-likeness (QED) is 0.850. The number of nitrogens with zero attached hydrogens (tertiary/aromatic N) is 1. The summed E-state index contributed by atoms with van der Waals surface area (Å²) >= 11 is 0. The Bertz CT molecular complexity index is 503. The third-order valence-electron chi connectivity index (χ3n) is 2.95. The molecule has 96 valence electrons. The summed E-state index contributed by atoms with van der Waals surface area (Å²) in [6, 6.07) is 10.2. The van der Waals surface area contributed by atoms with E-state index in [-0.39, 0.29) is 0 Å². The largest absolute Gasteiger partial charge is 0.437 e. The van der Waals surface area contributed by atoms with Crippen LogP contribution in [0.4, 0.5) is 0 Å². The van der Waals surface area contributed by atoms with E-state index in [0.717, 1.165) is 23.4 Å².